The van der Waals surface area contributed by atoms with Crippen molar-refractivity contribution < 1.29 is 4.68 Å². The average molecular weight is 454 g/mol. The standard InChI is InChI=1S/C21H33IN3/c1-6-7-8-9-10-11-16-25-20(22)19(24(5)23-25)17-12-14-18(15-13-17)21(2,3)4/h12-15H,6-11,16H2,1-5H3/q+1. The third-order valence-electron chi connectivity index (χ3n) is 4.74. The number of nitrogens with zero attached hydrogens (tertiary/aromatic N) is 3. The summed E-state index contributed by atoms with van der Waals surface area (Å²) in [6.45, 7) is 10.0. The molecule has 0 radical (unpaired) electrons. The van der Waals surface area contributed by atoms with Crippen molar-refractivity contribution in [1.82, 2.24) is 9.90 Å². The normalized spacial score (nSPS) is 11.9. The van der Waals surface area contributed by atoms with Crippen molar-refractivity contribution >= 4 is 22.6 Å². The molecule has 2 aromatic rings. The van der Waals surface area contributed by atoms with Crippen LogP contribution in [0, 0.1) is 3.70 Å². The summed E-state index contributed by atoms with van der Waals surface area (Å²) in [5, 5.41) is 4.72. The summed E-state index contributed by atoms with van der Waals surface area (Å²) in [4.78, 5) is 0. The third kappa shape index (κ3) is 5.53. The van der Waals surface area contributed by atoms with Gasteiger partial charge in [-0.05, 0) is 23.8 Å². The van der Waals surface area contributed by atoms with Crippen molar-refractivity contribution in [3.63, 3.8) is 0 Å². The Labute approximate surface area is 166 Å². The van der Waals surface area contributed by atoms with Crippen LogP contribution in [0.25, 0.3) is 11.3 Å². The first-order chi connectivity index (χ1) is 11.8. The van der Waals surface area contributed by atoms with Gasteiger partial charge in [-0.15, -0.1) is 9.36 Å². The van der Waals surface area contributed by atoms with Gasteiger partial charge >= 0.3 is 0 Å². The molecule has 0 N–H and O–H groups in total. The zero-order chi connectivity index (χ0) is 18.4. The average Bonchev–Trinajstić information content (AvgIpc) is 2.84. The van der Waals surface area contributed by atoms with E-state index in [1.165, 1.54) is 59.0 Å². The lowest BCUT2D eigenvalue weighted by Crippen LogP contribution is -2.33. The lowest BCUT2D eigenvalue weighted by Gasteiger charge is -2.18. The van der Waals surface area contributed by atoms with Gasteiger partial charge in [-0.1, -0.05) is 77.6 Å². The molecule has 1 aromatic carbocycles. The number of unbranched alkanes of at least 4 members (excludes halogenated alkanes) is 5. The van der Waals surface area contributed by atoms with Gasteiger partial charge in [0.05, 0.1) is 5.21 Å². The van der Waals surface area contributed by atoms with Gasteiger partial charge in [0.15, 0.2) is 0 Å². The van der Waals surface area contributed by atoms with Crippen molar-refractivity contribution in [3.05, 3.63) is 33.5 Å². The fourth-order valence-electron chi connectivity index (χ4n) is 3.12. The second-order valence-corrected chi connectivity index (χ2v) is 8.99. The molecule has 0 aliphatic rings. The third-order valence-corrected chi connectivity index (χ3v) is 5.80. The fourth-order valence-corrected chi connectivity index (χ4v) is 4.12. The fraction of sp³-hybridized carbons (Fsp3) is 0.619. The summed E-state index contributed by atoms with van der Waals surface area (Å²) >= 11 is 2.44. The van der Waals surface area contributed by atoms with Gasteiger partial charge in [0.2, 0.25) is 9.39 Å². The number of aryl methyl sites for hydroxylation is 2. The molecule has 0 fully saturated rings. The quantitative estimate of drug-likeness (QED) is 0.288. The molecular weight excluding hydrogens is 421 g/mol. The first-order valence-electron chi connectivity index (χ1n) is 9.58. The summed E-state index contributed by atoms with van der Waals surface area (Å²) in [6, 6.07) is 8.96. The number of rotatable bonds is 8. The van der Waals surface area contributed by atoms with Gasteiger partial charge < -0.3 is 0 Å². The Bertz CT molecular complexity index is 666. The molecule has 0 aliphatic heterocycles. The lowest BCUT2D eigenvalue weighted by atomic mass is 9.86. The highest BCUT2D eigenvalue weighted by Gasteiger charge is 2.23. The molecule has 0 saturated heterocycles. The van der Waals surface area contributed by atoms with Gasteiger partial charge in [0.1, 0.15) is 13.6 Å². The number of halogens is 1. The molecule has 0 bridgehead atoms. The van der Waals surface area contributed by atoms with Gasteiger partial charge in [0, 0.05) is 28.2 Å². The summed E-state index contributed by atoms with van der Waals surface area (Å²) < 4.78 is 5.41. The van der Waals surface area contributed by atoms with Gasteiger partial charge in [-0.25, -0.2) is 0 Å². The van der Waals surface area contributed by atoms with E-state index in [4.69, 9.17) is 5.21 Å². The highest BCUT2D eigenvalue weighted by Crippen LogP contribution is 2.27. The van der Waals surface area contributed by atoms with Crippen LogP contribution in [-0.2, 0) is 19.0 Å². The second kappa shape index (κ2) is 9.15. The van der Waals surface area contributed by atoms with E-state index in [9.17, 15) is 0 Å². The zero-order valence-corrected chi connectivity index (χ0v) is 18.6. The molecule has 1 heterocycles. The Kier molecular flexibility index (Phi) is 7.47. The first-order valence-corrected chi connectivity index (χ1v) is 10.7. The molecule has 0 saturated carbocycles. The monoisotopic (exact) mass is 454 g/mol. The zero-order valence-electron chi connectivity index (χ0n) is 16.5. The van der Waals surface area contributed by atoms with Crippen molar-refractivity contribution in [1.29, 1.82) is 0 Å². The van der Waals surface area contributed by atoms with E-state index in [-0.39, 0.29) is 5.41 Å². The van der Waals surface area contributed by atoms with Crippen LogP contribution in [0.2, 0.25) is 0 Å². The minimum atomic E-state index is 0.190. The molecule has 1 aromatic heterocycles. The van der Waals surface area contributed by atoms with E-state index in [0.29, 0.717) is 0 Å². The summed E-state index contributed by atoms with van der Waals surface area (Å²) in [7, 11) is 2.05. The molecule has 0 spiro atoms. The summed E-state index contributed by atoms with van der Waals surface area (Å²) in [5.74, 6) is 0. The van der Waals surface area contributed by atoms with Crippen LogP contribution in [0.1, 0.15) is 71.8 Å². The van der Waals surface area contributed by atoms with Gasteiger partial charge in [-0.2, -0.15) is 0 Å². The predicted molar refractivity (Wildman–Crippen MR) is 114 cm³/mol. The molecule has 0 aliphatic carbocycles. The van der Waals surface area contributed by atoms with Crippen LogP contribution >= 0.6 is 22.6 Å². The highest BCUT2D eigenvalue weighted by molar-refractivity contribution is 14.1. The Morgan fingerprint density at radius 2 is 1.60 bits per heavy atom. The molecule has 3 nitrogen and oxygen atoms in total. The van der Waals surface area contributed by atoms with E-state index < -0.39 is 0 Å². The predicted octanol–water partition coefficient (Wildman–Crippen LogP) is 5.64. The topological polar surface area (TPSA) is 21.7 Å². The smallest absolute Gasteiger partial charge is 0.131 e. The minimum Gasteiger partial charge on any atom is -0.131 e. The van der Waals surface area contributed by atoms with E-state index in [1.54, 1.807) is 0 Å². The number of benzene rings is 1. The molecule has 0 unspecified atom stereocenters. The molecule has 4 heteroatoms. The molecule has 0 amide bonds. The Hall–Kier alpha value is -0.910. The minimum absolute atomic E-state index is 0.190. The van der Waals surface area contributed by atoms with Crippen molar-refractivity contribution in [2.24, 2.45) is 7.05 Å². The van der Waals surface area contributed by atoms with E-state index in [2.05, 4.69) is 79.2 Å². The number of hydrogen-bond donors (Lipinski definition) is 0. The summed E-state index contributed by atoms with van der Waals surface area (Å²) in [6.07, 6.45) is 7.90. The van der Waals surface area contributed by atoms with Crippen LogP contribution in [0.5, 0.6) is 0 Å². The lowest BCUT2D eigenvalue weighted by molar-refractivity contribution is -0.722. The van der Waals surface area contributed by atoms with Crippen molar-refractivity contribution in [2.75, 3.05) is 0 Å². The maximum atomic E-state index is 4.72. The Balaban J connectivity index is 2.06. The van der Waals surface area contributed by atoms with Crippen LogP contribution in [0.3, 0.4) is 0 Å². The molecule has 0 atom stereocenters. The Morgan fingerprint density at radius 3 is 2.20 bits per heavy atom. The van der Waals surface area contributed by atoms with Crippen LogP contribution < -0.4 is 4.68 Å². The van der Waals surface area contributed by atoms with E-state index in [1.807, 2.05) is 11.7 Å². The SMILES string of the molecule is CCCCCCCCn1n[n+](C)c(-c2ccc(C(C)(C)C)cc2)c1I. The van der Waals surface area contributed by atoms with Crippen LogP contribution in [0.4, 0.5) is 0 Å². The molecule has 25 heavy (non-hydrogen) atoms. The Morgan fingerprint density at radius 1 is 1.00 bits per heavy atom. The molecule has 138 valence electrons. The highest BCUT2D eigenvalue weighted by atomic mass is 127. The largest absolute Gasteiger partial charge is 0.235 e. The van der Waals surface area contributed by atoms with E-state index >= 15 is 0 Å². The maximum absolute atomic E-state index is 4.72. The second-order valence-electron chi connectivity index (χ2n) is 7.97. The maximum Gasteiger partial charge on any atom is 0.235 e. The number of aromatic nitrogens is 3. The van der Waals surface area contributed by atoms with Crippen molar-refractivity contribution in [3.8, 4) is 11.3 Å². The van der Waals surface area contributed by atoms with Crippen LogP contribution in [0.15, 0.2) is 24.3 Å². The molecule has 2 rings (SSSR count). The number of hydrogen-bond acceptors (Lipinski definition) is 1. The van der Waals surface area contributed by atoms with E-state index in [0.717, 1.165) is 6.54 Å². The first kappa shape index (κ1) is 20.4. The molecular formula is C21H33IN3+. The summed E-state index contributed by atoms with van der Waals surface area (Å²) in [5.41, 5.74) is 4.02. The van der Waals surface area contributed by atoms with Gasteiger partial charge in [-0.3, -0.25) is 0 Å². The van der Waals surface area contributed by atoms with Gasteiger partial charge in [0.25, 0.3) is 0 Å². The van der Waals surface area contributed by atoms with Crippen molar-refractivity contribution in [2.45, 2.75) is 78.2 Å². The van der Waals surface area contributed by atoms with Crippen LogP contribution in [-0.4, -0.2) is 9.90 Å².